The van der Waals surface area contributed by atoms with Crippen molar-refractivity contribution in [2.75, 3.05) is 20.2 Å². The number of carbonyl (C=O) groups is 1. The number of benzene rings is 1. The van der Waals surface area contributed by atoms with Crippen LogP contribution < -0.4 is 0 Å². The van der Waals surface area contributed by atoms with Gasteiger partial charge in [-0.2, -0.15) is 0 Å². The van der Waals surface area contributed by atoms with Gasteiger partial charge in [0.1, 0.15) is 0 Å². The summed E-state index contributed by atoms with van der Waals surface area (Å²) in [6, 6.07) is 4.41. The van der Waals surface area contributed by atoms with E-state index in [2.05, 4.69) is 6.92 Å². The second-order valence-electron chi connectivity index (χ2n) is 5.38. The lowest BCUT2D eigenvalue weighted by Gasteiger charge is -2.17. The van der Waals surface area contributed by atoms with Gasteiger partial charge >= 0.3 is 0 Å². The van der Waals surface area contributed by atoms with Gasteiger partial charge in [-0.25, -0.2) is 8.42 Å². The second kappa shape index (κ2) is 6.34. The molecule has 5 nitrogen and oxygen atoms in total. The highest BCUT2D eigenvalue weighted by molar-refractivity contribution is 8.13. The first-order chi connectivity index (χ1) is 9.81. The van der Waals surface area contributed by atoms with Gasteiger partial charge in [0.2, 0.25) is 0 Å². The van der Waals surface area contributed by atoms with Gasteiger partial charge in [-0.3, -0.25) is 4.79 Å². The molecule has 7 heteroatoms. The van der Waals surface area contributed by atoms with Crippen molar-refractivity contribution in [2.24, 2.45) is 5.92 Å². The molecular weight excluding hydrogens is 314 g/mol. The van der Waals surface area contributed by atoms with E-state index in [1.807, 2.05) is 0 Å². The summed E-state index contributed by atoms with van der Waals surface area (Å²) >= 11 is 0. The summed E-state index contributed by atoms with van der Waals surface area (Å²) < 4.78 is 28.1. The monoisotopic (exact) mass is 331 g/mol. The first-order valence-corrected chi connectivity index (χ1v) is 8.99. The Labute approximate surface area is 129 Å². The van der Waals surface area contributed by atoms with Crippen molar-refractivity contribution in [2.45, 2.75) is 24.8 Å². The fourth-order valence-corrected chi connectivity index (χ4v) is 3.30. The van der Waals surface area contributed by atoms with Crippen LogP contribution in [-0.2, 0) is 20.4 Å². The topological polar surface area (TPSA) is 63.7 Å². The standard InChI is InChI=1S/C14H18ClNO4S/c1-10-3-4-16(8-10)14(17)12-5-11(9-20-2)6-13(7-12)21(15,18)19/h5-7,10H,3-4,8-9H2,1-2H3. The number of halogens is 1. The average molecular weight is 332 g/mol. The van der Waals surface area contributed by atoms with E-state index in [0.717, 1.165) is 6.42 Å². The molecule has 0 aromatic heterocycles. The minimum absolute atomic E-state index is 0.0747. The van der Waals surface area contributed by atoms with Crippen LogP contribution in [0.4, 0.5) is 0 Å². The van der Waals surface area contributed by atoms with Crippen LogP contribution in [0.25, 0.3) is 0 Å². The van der Waals surface area contributed by atoms with Gasteiger partial charge < -0.3 is 9.64 Å². The Morgan fingerprint density at radius 2 is 2.14 bits per heavy atom. The molecule has 1 unspecified atom stereocenters. The van der Waals surface area contributed by atoms with Crippen LogP contribution in [0.1, 0.15) is 29.3 Å². The first kappa shape index (κ1) is 16.3. The molecule has 1 aromatic rings. The SMILES string of the molecule is COCc1cc(C(=O)N2CCC(C)C2)cc(S(=O)(=O)Cl)c1. The zero-order valence-corrected chi connectivity index (χ0v) is 13.6. The van der Waals surface area contributed by atoms with Crippen molar-refractivity contribution in [1.29, 1.82) is 0 Å². The quantitative estimate of drug-likeness (QED) is 0.794. The van der Waals surface area contributed by atoms with E-state index in [1.54, 1.807) is 11.0 Å². The summed E-state index contributed by atoms with van der Waals surface area (Å²) in [4.78, 5) is 14.1. The van der Waals surface area contributed by atoms with Crippen LogP contribution in [-0.4, -0.2) is 39.4 Å². The third kappa shape index (κ3) is 3.96. The van der Waals surface area contributed by atoms with E-state index in [9.17, 15) is 13.2 Å². The van der Waals surface area contributed by atoms with E-state index in [-0.39, 0.29) is 17.4 Å². The molecule has 1 aliphatic heterocycles. The first-order valence-electron chi connectivity index (χ1n) is 6.68. The van der Waals surface area contributed by atoms with Crippen molar-refractivity contribution < 1.29 is 17.9 Å². The molecular formula is C14H18ClNO4S. The molecule has 0 aliphatic carbocycles. The fraction of sp³-hybridized carbons (Fsp3) is 0.500. The Morgan fingerprint density at radius 1 is 1.43 bits per heavy atom. The molecule has 21 heavy (non-hydrogen) atoms. The van der Waals surface area contributed by atoms with Crippen molar-refractivity contribution in [3.63, 3.8) is 0 Å². The largest absolute Gasteiger partial charge is 0.380 e. The molecule has 0 saturated carbocycles. The molecule has 1 fully saturated rings. The van der Waals surface area contributed by atoms with Crippen molar-refractivity contribution in [3.05, 3.63) is 29.3 Å². The molecule has 1 aromatic carbocycles. The molecule has 1 saturated heterocycles. The molecule has 1 amide bonds. The molecule has 1 heterocycles. The van der Waals surface area contributed by atoms with Gasteiger partial charge in [0.25, 0.3) is 15.0 Å². The van der Waals surface area contributed by atoms with Crippen molar-refractivity contribution in [1.82, 2.24) is 4.90 Å². The maximum Gasteiger partial charge on any atom is 0.261 e. The van der Waals surface area contributed by atoms with Crippen LogP contribution in [0.5, 0.6) is 0 Å². The smallest absolute Gasteiger partial charge is 0.261 e. The predicted octanol–water partition coefficient (Wildman–Crippen LogP) is 2.24. The van der Waals surface area contributed by atoms with E-state index < -0.39 is 9.05 Å². The molecule has 0 spiro atoms. The van der Waals surface area contributed by atoms with Crippen LogP contribution in [0.15, 0.2) is 23.1 Å². The minimum atomic E-state index is -3.89. The maximum absolute atomic E-state index is 12.5. The highest BCUT2D eigenvalue weighted by atomic mass is 35.7. The lowest BCUT2D eigenvalue weighted by Crippen LogP contribution is -2.28. The van der Waals surface area contributed by atoms with Gasteiger partial charge in [0.05, 0.1) is 11.5 Å². The Bertz CT molecular complexity index is 644. The molecule has 116 valence electrons. The summed E-state index contributed by atoms with van der Waals surface area (Å²) in [6.45, 7) is 3.69. The van der Waals surface area contributed by atoms with Gasteiger partial charge in [0, 0.05) is 36.4 Å². The summed E-state index contributed by atoms with van der Waals surface area (Å²) in [5.74, 6) is 0.297. The zero-order valence-electron chi connectivity index (χ0n) is 12.0. The van der Waals surface area contributed by atoms with Gasteiger partial charge in [-0.1, -0.05) is 6.92 Å². The van der Waals surface area contributed by atoms with E-state index in [1.165, 1.54) is 19.2 Å². The van der Waals surface area contributed by atoms with Crippen molar-refractivity contribution >= 4 is 25.6 Å². The fourth-order valence-electron chi connectivity index (χ4n) is 2.48. The highest BCUT2D eigenvalue weighted by Gasteiger charge is 2.25. The number of methoxy groups -OCH3 is 1. The Morgan fingerprint density at radius 3 is 2.67 bits per heavy atom. The maximum atomic E-state index is 12.5. The third-order valence-electron chi connectivity index (χ3n) is 3.52. The summed E-state index contributed by atoms with van der Waals surface area (Å²) in [5, 5.41) is 0. The van der Waals surface area contributed by atoms with E-state index in [4.69, 9.17) is 15.4 Å². The Balaban J connectivity index is 2.38. The zero-order chi connectivity index (χ0) is 15.6. The summed E-state index contributed by atoms with van der Waals surface area (Å²) in [6.07, 6.45) is 0.962. The molecule has 0 bridgehead atoms. The lowest BCUT2D eigenvalue weighted by atomic mass is 10.1. The predicted molar refractivity (Wildman–Crippen MR) is 79.9 cm³/mol. The summed E-state index contributed by atoms with van der Waals surface area (Å²) in [7, 11) is 3.01. The molecule has 0 radical (unpaired) electrons. The van der Waals surface area contributed by atoms with Gasteiger partial charge in [-0.05, 0) is 36.1 Å². The van der Waals surface area contributed by atoms with E-state index in [0.29, 0.717) is 30.1 Å². The number of hydrogen-bond donors (Lipinski definition) is 0. The number of nitrogens with zero attached hydrogens (tertiary/aromatic N) is 1. The van der Waals surface area contributed by atoms with Crippen molar-refractivity contribution in [3.8, 4) is 0 Å². The average Bonchev–Trinajstić information content (AvgIpc) is 2.83. The van der Waals surface area contributed by atoms with Crippen LogP contribution >= 0.6 is 10.7 Å². The third-order valence-corrected chi connectivity index (χ3v) is 4.85. The molecule has 2 rings (SSSR count). The van der Waals surface area contributed by atoms with Gasteiger partial charge in [0.15, 0.2) is 0 Å². The Kier molecular flexibility index (Phi) is 4.91. The Hall–Kier alpha value is -1.11. The number of hydrogen-bond acceptors (Lipinski definition) is 4. The highest BCUT2D eigenvalue weighted by Crippen LogP contribution is 2.23. The number of carbonyl (C=O) groups excluding carboxylic acids is 1. The number of amides is 1. The van der Waals surface area contributed by atoms with Crippen LogP contribution in [0.3, 0.4) is 0 Å². The number of likely N-dealkylation sites (tertiary alicyclic amines) is 1. The van der Waals surface area contributed by atoms with E-state index >= 15 is 0 Å². The van der Waals surface area contributed by atoms with Gasteiger partial charge in [-0.15, -0.1) is 0 Å². The second-order valence-corrected chi connectivity index (χ2v) is 7.95. The lowest BCUT2D eigenvalue weighted by molar-refractivity contribution is 0.0787. The normalized spacial score (nSPS) is 19.0. The molecule has 1 aliphatic rings. The number of ether oxygens (including phenoxy) is 1. The van der Waals surface area contributed by atoms with Crippen LogP contribution in [0.2, 0.25) is 0 Å². The molecule has 0 N–H and O–H groups in total. The molecule has 1 atom stereocenters. The van der Waals surface area contributed by atoms with Crippen LogP contribution in [0, 0.1) is 5.92 Å². The number of rotatable bonds is 4. The minimum Gasteiger partial charge on any atom is -0.380 e. The summed E-state index contributed by atoms with van der Waals surface area (Å²) in [5.41, 5.74) is 0.938.